The van der Waals surface area contributed by atoms with Gasteiger partial charge in [-0.3, -0.25) is 9.59 Å². The van der Waals surface area contributed by atoms with E-state index < -0.39 is 10.0 Å². The van der Waals surface area contributed by atoms with Gasteiger partial charge in [0.05, 0.1) is 23.8 Å². The predicted octanol–water partition coefficient (Wildman–Crippen LogP) is 3.48. The minimum absolute atomic E-state index is 0.113. The van der Waals surface area contributed by atoms with Crippen molar-refractivity contribution >= 4 is 66.0 Å². The molecule has 12 heteroatoms. The van der Waals surface area contributed by atoms with Gasteiger partial charge in [0, 0.05) is 78.2 Å². The van der Waals surface area contributed by atoms with Crippen molar-refractivity contribution < 1.29 is 27.5 Å². The Morgan fingerprint density at radius 3 is 2.68 bits per heavy atom. The first kappa shape index (κ1) is 29.5. The van der Waals surface area contributed by atoms with Crippen molar-refractivity contribution in [2.45, 2.75) is 24.8 Å². The third-order valence-electron chi connectivity index (χ3n) is 7.28. The Balaban J connectivity index is 1.54. The zero-order valence-corrected chi connectivity index (χ0v) is 25.5. The third-order valence-corrected chi connectivity index (χ3v) is 9.67. The molecule has 2 aliphatic rings. The van der Waals surface area contributed by atoms with Crippen LogP contribution in [0.25, 0.3) is 22.6 Å². The number of hydrogen-bond acceptors (Lipinski definition) is 6. The molecule has 3 heterocycles. The van der Waals surface area contributed by atoms with Crippen molar-refractivity contribution in [3.63, 3.8) is 0 Å². The highest BCUT2D eigenvalue weighted by atomic mass is 79.9. The average Bonchev–Trinajstić information content (AvgIpc) is 3.44. The molecule has 0 radical (unpaired) electrons. The Morgan fingerprint density at radius 2 is 1.95 bits per heavy atom. The van der Waals surface area contributed by atoms with E-state index in [2.05, 4.69) is 21.2 Å². The number of amides is 2. The zero-order valence-electron chi connectivity index (χ0n) is 23.1. The highest BCUT2D eigenvalue weighted by Crippen LogP contribution is 2.40. The van der Waals surface area contributed by atoms with Crippen LogP contribution in [0.3, 0.4) is 0 Å². The van der Waals surface area contributed by atoms with Crippen molar-refractivity contribution in [3.05, 3.63) is 58.2 Å². The Kier molecular flexibility index (Phi) is 8.95. The van der Waals surface area contributed by atoms with Gasteiger partial charge in [0.15, 0.2) is 0 Å². The fourth-order valence-corrected chi connectivity index (χ4v) is 7.04. The molecule has 2 aromatic carbocycles. The largest absolute Gasteiger partial charge is 0.385 e. The number of sulfonamides is 1. The summed E-state index contributed by atoms with van der Waals surface area (Å²) >= 11 is 3.54. The third kappa shape index (κ3) is 5.98. The van der Waals surface area contributed by atoms with E-state index in [1.54, 1.807) is 36.3 Å². The number of anilines is 1. The van der Waals surface area contributed by atoms with Crippen LogP contribution in [-0.4, -0.2) is 82.2 Å². The van der Waals surface area contributed by atoms with Crippen LogP contribution >= 0.6 is 15.9 Å². The number of methoxy groups -OCH3 is 1. The summed E-state index contributed by atoms with van der Waals surface area (Å²) in [4.78, 5) is 28.1. The van der Waals surface area contributed by atoms with Gasteiger partial charge in [-0.2, -0.15) is 4.31 Å². The SMILES string of the molecule is CCN1C(=O)/C(=C\c2cn(CC(=O)NCCCOC)c3ccc(Br)cc23)c2cc(S(=O)(=O)N3CCOCC3)ccc21. The van der Waals surface area contributed by atoms with Gasteiger partial charge in [0.2, 0.25) is 15.9 Å². The van der Waals surface area contributed by atoms with Gasteiger partial charge in [-0.1, -0.05) is 15.9 Å². The molecule has 2 aliphatic heterocycles. The number of fused-ring (bicyclic) bond motifs is 2. The van der Waals surface area contributed by atoms with Gasteiger partial charge in [-0.05, 0) is 55.8 Å². The van der Waals surface area contributed by atoms with Gasteiger partial charge in [0.1, 0.15) is 6.54 Å². The number of benzene rings is 2. The summed E-state index contributed by atoms with van der Waals surface area (Å²) in [6.07, 6.45) is 4.37. The molecule has 1 aromatic heterocycles. The number of halogens is 1. The monoisotopic (exact) mass is 644 g/mol. The zero-order chi connectivity index (χ0) is 29.1. The molecule has 1 saturated heterocycles. The average molecular weight is 646 g/mol. The molecule has 0 saturated carbocycles. The molecule has 0 spiro atoms. The second-order valence-electron chi connectivity index (χ2n) is 9.87. The molecule has 3 aromatic rings. The van der Waals surface area contributed by atoms with Gasteiger partial charge in [-0.25, -0.2) is 8.42 Å². The number of nitrogens with one attached hydrogen (secondary N) is 1. The van der Waals surface area contributed by atoms with E-state index in [0.29, 0.717) is 49.7 Å². The highest BCUT2D eigenvalue weighted by Gasteiger charge is 2.34. The molecule has 0 aliphatic carbocycles. The van der Waals surface area contributed by atoms with Gasteiger partial charge >= 0.3 is 0 Å². The normalized spacial score (nSPS) is 17.0. The summed E-state index contributed by atoms with van der Waals surface area (Å²) < 4.78 is 41.3. The quantitative estimate of drug-likeness (QED) is 0.267. The molecule has 5 rings (SSSR count). The van der Waals surface area contributed by atoms with Crippen LogP contribution in [-0.2, 0) is 35.6 Å². The van der Waals surface area contributed by atoms with Crippen LogP contribution < -0.4 is 10.2 Å². The van der Waals surface area contributed by atoms with Crippen LogP contribution in [0.15, 0.2) is 52.0 Å². The van der Waals surface area contributed by atoms with Crippen molar-refractivity contribution in [2.75, 3.05) is 58.0 Å². The first-order valence-corrected chi connectivity index (χ1v) is 15.8. The number of carbonyl (C=O) groups is 2. The topological polar surface area (TPSA) is 110 Å². The lowest BCUT2D eigenvalue weighted by Gasteiger charge is -2.26. The van der Waals surface area contributed by atoms with E-state index in [1.165, 1.54) is 4.31 Å². The maximum atomic E-state index is 13.6. The maximum Gasteiger partial charge on any atom is 0.258 e. The summed E-state index contributed by atoms with van der Waals surface area (Å²) in [6, 6.07) is 10.7. The second kappa shape index (κ2) is 12.5. The lowest BCUT2D eigenvalue weighted by molar-refractivity contribution is -0.121. The van der Waals surface area contributed by atoms with E-state index in [9.17, 15) is 18.0 Å². The molecule has 218 valence electrons. The van der Waals surface area contributed by atoms with Crippen LogP contribution in [0.5, 0.6) is 0 Å². The maximum absolute atomic E-state index is 13.6. The summed E-state index contributed by atoms with van der Waals surface area (Å²) in [5.41, 5.74) is 3.24. The van der Waals surface area contributed by atoms with E-state index in [4.69, 9.17) is 9.47 Å². The first-order valence-electron chi connectivity index (χ1n) is 13.5. The number of likely N-dealkylation sites (N-methyl/N-ethyl adjacent to an activating group) is 1. The fraction of sp³-hybridized carbons (Fsp3) is 0.379. The van der Waals surface area contributed by atoms with Crippen LogP contribution in [0.2, 0.25) is 0 Å². The number of morpholine rings is 1. The summed E-state index contributed by atoms with van der Waals surface area (Å²) in [5.74, 6) is -0.326. The van der Waals surface area contributed by atoms with Crippen LogP contribution in [0.1, 0.15) is 24.5 Å². The fourth-order valence-electron chi connectivity index (χ4n) is 5.24. The van der Waals surface area contributed by atoms with Crippen molar-refractivity contribution in [1.82, 2.24) is 14.2 Å². The highest BCUT2D eigenvalue weighted by molar-refractivity contribution is 9.10. The standard InChI is InChI=1S/C29H33BrN4O6S/c1-3-34-27-8-6-22(41(37,38)33-10-13-40-14-11-33)17-24(27)25(29(34)36)15-20-18-32(19-28(35)31-9-4-12-39-2)26-7-5-21(30)16-23(20)26/h5-8,15-18H,3-4,9-14,19H2,1-2H3,(H,31,35)/b25-15-. The van der Waals surface area contributed by atoms with Crippen molar-refractivity contribution in [2.24, 2.45) is 0 Å². The number of aromatic nitrogens is 1. The Morgan fingerprint density at radius 1 is 1.17 bits per heavy atom. The number of nitrogens with zero attached hydrogens (tertiary/aromatic N) is 3. The van der Waals surface area contributed by atoms with E-state index in [-0.39, 0.29) is 36.3 Å². The molecule has 0 unspecified atom stereocenters. The lowest BCUT2D eigenvalue weighted by atomic mass is 10.0. The molecule has 1 fully saturated rings. The van der Waals surface area contributed by atoms with E-state index >= 15 is 0 Å². The molecule has 0 atom stereocenters. The van der Waals surface area contributed by atoms with Gasteiger partial charge in [-0.15, -0.1) is 0 Å². The molecule has 1 N–H and O–H groups in total. The van der Waals surface area contributed by atoms with Crippen LogP contribution in [0, 0.1) is 0 Å². The minimum Gasteiger partial charge on any atom is -0.385 e. The molecule has 0 bridgehead atoms. The van der Waals surface area contributed by atoms with Gasteiger partial charge < -0.3 is 24.3 Å². The van der Waals surface area contributed by atoms with Crippen molar-refractivity contribution in [1.29, 1.82) is 0 Å². The number of ether oxygens (including phenoxy) is 2. The Labute approximate surface area is 248 Å². The summed E-state index contributed by atoms with van der Waals surface area (Å²) in [5, 5.41) is 3.77. The smallest absolute Gasteiger partial charge is 0.258 e. The van der Waals surface area contributed by atoms with E-state index in [0.717, 1.165) is 27.4 Å². The number of rotatable bonds is 10. The number of hydrogen-bond donors (Lipinski definition) is 1. The molecule has 10 nitrogen and oxygen atoms in total. The van der Waals surface area contributed by atoms with Gasteiger partial charge in [0.25, 0.3) is 5.91 Å². The molecular formula is C29H33BrN4O6S. The predicted molar refractivity (Wildman–Crippen MR) is 161 cm³/mol. The summed E-state index contributed by atoms with van der Waals surface area (Å²) in [7, 11) is -2.13. The minimum atomic E-state index is -3.75. The van der Waals surface area contributed by atoms with E-state index in [1.807, 2.05) is 35.9 Å². The number of carbonyl (C=O) groups excluding carboxylic acids is 2. The summed E-state index contributed by atoms with van der Waals surface area (Å²) in [6.45, 7) is 4.80. The second-order valence-corrected chi connectivity index (χ2v) is 12.7. The Bertz CT molecular complexity index is 1610. The Hall–Kier alpha value is -3.03. The van der Waals surface area contributed by atoms with Crippen LogP contribution in [0.4, 0.5) is 5.69 Å². The molecular weight excluding hydrogens is 612 g/mol. The first-order chi connectivity index (χ1) is 19.7. The van der Waals surface area contributed by atoms with Crippen molar-refractivity contribution in [3.8, 4) is 0 Å². The lowest BCUT2D eigenvalue weighted by Crippen LogP contribution is -2.40. The molecule has 2 amide bonds. The molecule has 41 heavy (non-hydrogen) atoms.